The van der Waals surface area contributed by atoms with E-state index in [4.69, 9.17) is 0 Å². The predicted octanol–water partition coefficient (Wildman–Crippen LogP) is 3.95. The van der Waals surface area contributed by atoms with Crippen LogP contribution in [0.1, 0.15) is 78.1 Å². The zero-order valence-electron chi connectivity index (χ0n) is 13.2. The van der Waals surface area contributed by atoms with Crippen molar-refractivity contribution in [2.75, 3.05) is 19.6 Å². The Labute approximate surface area is 120 Å². The first kappa shape index (κ1) is 15.3. The van der Waals surface area contributed by atoms with Gasteiger partial charge in [-0.25, -0.2) is 0 Å². The fourth-order valence-corrected chi connectivity index (χ4v) is 3.88. The monoisotopic (exact) mass is 266 g/mol. The summed E-state index contributed by atoms with van der Waals surface area (Å²) in [5, 5.41) is 3.85. The lowest BCUT2D eigenvalue weighted by Gasteiger charge is -2.45. The summed E-state index contributed by atoms with van der Waals surface area (Å²) < 4.78 is 0. The summed E-state index contributed by atoms with van der Waals surface area (Å²) in [5.74, 6) is 0. The molecular weight excluding hydrogens is 232 g/mol. The maximum atomic E-state index is 3.85. The van der Waals surface area contributed by atoms with Crippen LogP contribution in [0.5, 0.6) is 0 Å². The van der Waals surface area contributed by atoms with E-state index in [1.165, 1.54) is 83.8 Å². The van der Waals surface area contributed by atoms with Gasteiger partial charge >= 0.3 is 0 Å². The Hall–Kier alpha value is -0.0800. The Bertz CT molecular complexity index is 246. The van der Waals surface area contributed by atoms with E-state index in [2.05, 4.69) is 24.1 Å². The van der Waals surface area contributed by atoms with Crippen LogP contribution >= 0.6 is 0 Å². The highest BCUT2D eigenvalue weighted by atomic mass is 15.2. The molecule has 1 atom stereocenters. The van der Waals surface area contributed by atoms with E-state index >= 15 is 0 Å². The number of nitrogens with one attached hydrogen (secondary N) is 1. The largest absolute Gasteiger partial charge is 0.308 e. The molecule has 112 valence electrons. The molecule has 0 aromatic heterocycles. The molecule has 1 heterocycles. The first-order valence-electron chi connectivity index (χ1n) is 8.75. The summed E-state index contributed by atoms with van der Waals surface area (Å²) in [6.07, 6.45) is 14.2. The van der Waals surface area contributed by atoms with Crippen LogP contribution in [0, 0.1) is 0 Å². The minimum atomic E-state index is 0.495. The third kappa shape index (κ3) is 4.46. The molecule has 1 saturated heterocycles. The van der Waals surface area contributed by atoms with Gasteiger partial charge in [0, 0.05) is 24.7 Å². The molecule has 0 bridgehead atoms. The first-order chi connectivity index (χ1) is 9.26. The lowest BCUT2D eigenvalue weighted by atomic mass is 9.92. The molecule has 0 amide bonds. The fourth-order valence-electron chi connectivity index (χ4n) is 3.88. The molecule has 2 nitrogen and oxygen atoms in total. The Morgan fingerprint density at radius 2 is 1.74 bits per heavy atom. The zero-order valence-corrected chi connectivity index (χ0v) is 13.2. The minimum Gasteiger partial charge on any atom is -0.308 e. The van der Waals surface area contributed by atoms with Crippen molar-refractivity contribution in [2.45, 2.75) is 89.6 Å². The first-order valence-corrected chi connectivity index (χ1v) is 8.75. The molecule has 0 aromatic carbocycles. The molecule has 2 fully saturated rings. The van der Waals surface area contributed by atoms with E-state index in [1.54, 1.807) is 0 Å². The number of rotatable bonds is 7. The molecule has 1 unspecified atom stereocenters. The van der Waals surface area contributed by atoms with Gasteiger partial charge in [-0.1, -0.05) is 51.9 Å². The van der Waals surface area contributed by atoms with E-state index in [9.17, 15) is 0 Å². The zero-order chi connectivity index (χ0) is 13.6. The van der Waals surface area contributed by atoms with E-state index in [1.807, 2.05) is 0 Å². The normalized spacial score (nSPS) is 27.2. The van der Waals surface area contributed by atoms with E-state index in [-0.39, 0.29) is 0 Å². The molecular formula is C17H34N2. The topological polar surface area (TPSA) is 15.3 Å². The van der Waals surface area contributed by atoms with Crippen LogP contribution in [0.25, 0.3) is 0 Å². The van der Waals surface area contributed by atoms with Gasteiger partial charge in [0.2, 0.25) is 0 Å². The second-order valence-electron chi connectivity index (χ2n) is 6.96. The molecule has 1 aliphatic heterocycles. The summed E-state index contributed by atoms with van der Waals surface area (Å²) >= 11 is 0. The summed E-state index contributed by atoms with van der Waals surface area (Å²) in [5.41, 5.74) is 0.495. The molecule has 0 aromatic rings. The van der Waals surface area contributed by atoms with Crippen LogP contribution in [0.15, 0.2) is 0 Å². The average molecular weight is 266 g/mol. The van der Waals surface area contributed by atoms with Crippen molar-refractivity contribution >= 4 is 0 Å². The quantitative estimate of drug-likeness (QED) is 0.702. The summed E-state index contributed by atoms with van der Waals surface area (Å²) in [4.78, 5) is 2.77. The second-order valence-corrected chi connectivity index (χ2v) is 6.96. The number of piperazine rings is 1. The highest BCUT2D eigenvalue weighted by Crippen LogP contribution is 2.33. The number of hydrogen-bond acceptors (Lipinski definition) is 2. The van der Waals surface area contributed by atoms with Crippen LogP contribution in [0.2, 0.25) is 0 Å². The Morgan fingerprint density at radius 3 is 2.47 bits per heavy atom. The van der Waals surface area contributed by atoms with Gasteiger partial charge in [0.05, 0.1) is 0 Å². The standard InChI is InChI=1S/C17H34N2/c1-3-4-5-6-7-10-13-19-15-17(11-8-9-12-17)18-14-16(19)2/h16,18H,3-15H2,1-2H3. The number of hydrogen-bond donors (Lipinski definition) is 1. The van der Waals surface area contributed by atoms with Crippen molar-refractivity contribution in [3.8, 4) is 0 Å². The van der Waals surface area contributed by atoms with Gasteiger partial charge in [0.15, 0.2) is 0 Å². The van der Waals surface area contributed by atoms with E-state index in [0.29, 0.717) is 5.54 Å². The van der Waals surface area contributed by atoms with Gasteiger partial charge in [-0.2, -0.15) is 0 Å². The lowest BCUT2D eigenvalue weighted by Crippen LogP contribution is -2.62. The number of unbranched alkanes of at least 4 members (excludes halogenated alkanes) is 5. The van der Waals surface area contributed by atoms with Crippen molar-refractivity contribution in [1.82, 2.24) is 10.2 Å². The van der Waals surface area contributed by atoms with Crippen molar-refractivity contribution in [1.29, 1.82) is 0 Å². The predicted molar refractivity (Wildman–Crippen MR) is 83.6 cm³/mol. The molecule has 1 aliphatic carbocycles. The SMILES string of the molecule is CCCCCCCCN1CC2(CCCC2)NCC1C. The maximum Gasteiger partial charge on any atom is 0.0309 e. The molecule has 19 heavy (non-hydrogen) atoms. The van der Waals surface area contributed by atoms with Gasteiger partial charge in [-0.15, -0.1) is 0 Å². The maximum absolute atomic E-state index is 3.85. The van der Waals surface area contributed by atoms with Gasteiger partial charge < -0.3 is 5.32 Å². The summed E-state index contributed by atoms with van der Waals surface area (Å²) in [6.45, 7) is 8.53. The van der Waals surface area contributed by atoms with Crippen molar-refractivity contribution in [2.24, 2.45) is 0 Å². The highest BCUT2D eigenvalue weighted by molar-refractivity contribution is 5.00. The Kier molecular flexibility index (Phi) is 6.15. The van der Waals surface area contributed by atoms with Crippen LogP contribution in [0.3, 0.4) is 0 Å². The Morgan fingerprint density at radius 1 is 1.05 bits per heavy atom. The lowest BCUT2D eigenvalue weighted by molar-refractivity contribution is 0.0874. The third-order valence-electron chi connectivity index (χ3n) is 5.26. The summed E-state index contributed by atoms with van der Waals surface area (Å²) in [7, 11) is 0. The summed E-state index contributed by atoms with van der Waals surface area (Å²) in [6, 6.07) is 0.738. The number of nitrogens with zero attached hydrogens (tertiary/aromatic N) is 1. The average Bonchev–Trinajstić information content (AvgIpc) is 2.86. The molecule has 2 rings (SSSR count). The van der Waals surface area contributed by atoms with Gasteiger partial charge in [-0.05, 0) is 32.7 Å². The van der Waals surface area contributed by atoms with Gasteiger partial charge in [0.25, 0.3) is 0 Å². The van der Waals surface area contributed by atoms with Crippen molar-refractivity contribution < 1.29 is 0 Å². The van der Waals surface area contributed by atoms with Gasteiger partial charge in [0.1, 0.15) is 0 Å². The van der Waals surface area contributed by atoms with E-state index < -0.39 is 0 Å². The van der Waals surface area contributed by atoms with Crippen LogP contribution < -0.4 is 5.32 Å². The second kappa shape index (κ2) is 7.64. The van der Waals surface area contributed by atoms with Crippen LogP contribution in [-0.2, 0) is 0 Å². The molecule has 1 N–H and O–H groups in total. The molecule has 2 heteroatoms. The fraction of sp³-hybridized carbons (Fsp3) is 1.00. The molecule has 1 spiro atoms. The smallest absolute Gasteiger partial charge is 0.0309 e. The van der Waals surface area contributed by atoms with Crippen LogP contribution in [0.4, 0.5) is 0 Å². The minimum absolute atomic E-state index is 0.495. The van der Waals surface area contributed by atoms with Crippen molar-refractivity contribution in [3.05, 3.63) is 0 Å². The highest BCUT2D eigenvalue weighted by Gasteiger charge is 2.39. The molecule has 1 saturated carbocycles. The molecule has 0 radical (unpaired) electrons. The van der Waals surface area contributed by atoms with Gasteiger partial charge in [-0.3, -0.25) is 4.90 Å². The third-order valence-corrected chi connectivity index (χ3v) is 5.26. The van der Waals surface area contributed by atoms with E-state index in [0.717, 1.165) is 6.04 Å². The Balaban J connectivity index is 1.66. The molecule has 2 aliphatic rings. The van der Waals surface area contributed by atoms with Crippen LogP contribution in [-0.4, -0.2) is 36.1 Å². The van der Waals surface area contributed by atoms with Crippen molar-refractivity contribution in [3.63, 3.8) is 0 Å².